The van der Waals surface area contributed by atoms with E-state index >= 15 is 0 Å². The molecule has 1 saturated carbocycles. The molecule has 226 valence electrons. The zero-order chi connectivity index (χ0) is 30.6. The Kier molecular flexibility index (Phi) is 7.93. The number of ketones is 1. The molecule has 1 aromatic carbocycles. The Balaban J connectivity index is 1.43. The zero-order valence-electron chi connectivity index (χ0n) is 25.2. The van der Waals surface area contributed by atoms with Crippen LogP contribution < -0.4 is 16.0 Å². The number of nitrogens with one attached hydrogen (secondary N) is 3. The fourth-order valence-electron chi connectivity index (χ4n) is 6.66. The molecule has 0 spiro atoms. The first-order chi connectivity index (χ1) is 19.7. The number of amides is 4. The summed E-state index contributed by atoms with van der Waals surface area (Å²) in [4.78, 5) is 73.0. The van der Waals surface area contributed by atoms with Crippen LogP contribution in [0.1, 0.15) is 70.6 Å². The Bertz CT molecular complexity index is 1400. The van der Waals surface area contributed by atoms with E-state index in [4.69, 9.17) is 0 Å². The fourth-order valence-corrected chi connectivity index (χ4v) is 7.62. The Labute approximate surface area is 250 Å². The maximum atomic E-state index is 14.1. The van der Waals surface area contributed by atoms with Gasteiger partial charge in [-0.1, -0.05) is 53.7 Å². The van der Waals surface area contributed by atoms with E-state index in [0.29, 0.717) is 25.0 Å². The maximum absolute atomic E-state index is 14.1. The van der Waals surface area contributed by atoms with Crippen molar-refractivity contribution in [3.05, 3.63) is 29.3 Å². The van der Waals surface area contributed by atoms with E-state index in [1.807, 2.05) is 45.0 Å². The standard InChI is InChI=1S/C31H41N5O5S/c1-7-21(37)35-25(30(2,3)4)29(41)36-15-17-22(31(17,5)6)23(36)27(40)33-19(14-16-12-13-32-26(16)39)24(38)28-34-18-10-8-9-11-20(18)42-28/h8-11,16-17,19,22-23,25H,7,12-15H2,1-6H3,(H,32,39)(H,33,40)(H,35,37)/t16-,17-,19-,22-,23-,25+/m0/s1. The minimum absolute atomic E-state index is 0.0723. The largest absolute Gasteiger partial charge is 0.356 e. The summed E-state index contributed by atoms with van der Waals surface area (Å²) < 4.78 is 0.863. The Morgan fingerprint density at radius 2 is 1.88 bits per heavy atom. The number of Topliss-reactive ketones (excluding diaryl/α,β-unsaturated/α-hetero) is 1. The summed E-state index contributed by atoms with van der Waals surface area (Å²) >= 11 is 1.26. The van der Waals surface area contributed by atoms with E-state index in [2.05, 4.69) is 34.8 Å². The molecule has 0 radical (unpaired) electrons. The van der Waals surface area contributed by atoms with Gasteiger partial charge in [-0.15, -0.1) is 11.3 Å². The normalized spacial score (nSPS) is 25.9. The summed E-state index contributed by atoms with van der Waals surface area (Å²) in [6.45, 7) is 12.5. The molecule has 3 fully saturated rings. The monoisotopic (exact) mass is 595 g/mol. The van der Waals surface area contributed by atoms with Crippen LogP contribution in [-0.2, 0) is 19.2 Å². The van der Waals surface area contributed by atoms with Crippen molar-refractivity contribution in [3.63, 3.8) is 0 Å². The predicted molar refractivity (Wildman–Crippen MR) is 160 cm³/mol. The van der Waals surface area contributed by atoms with Gasteiger partial charge in [0.25, 0.3) is 0 Å². The third kappa shape index (κ3) is 5.55. The lowest BCUT2D eigenvalue weighted by atomic mass is 9.85. The van der Waals surface area contributed by atoms with Crippen molar-refractivity contribution in [2.75, 3.05) is 13.1 Å². The van der Waals surface area contributed by atoms with Crippen molar-refractivity contribution >= 4 is 51.0 Å². The van der Waals surface area contributed by atoms with Gasteiger partial charge >= 0.3 is 0 Å². The van der Waals surface area contributed by atoms with Crippen molar-refractivity contribution in [3.8, 4) is 0 Å². The molecule has 3 N–H and O–H groups in total. The molecule has 4 amide bonds. The number of aromatic nitrogens is 1. The SMILES string of the molecule is CCC(=O)N[C@H](C(=O)N1C[C@H]2[C@@H]([C@H]1C(=O)N[C@@H](C[C@@H]1CCNC1=O)C(=O)c1nc3ccccc3s1)C2(C)C)C(C)(C)C. The lowest BCUT2D eigenvalue weighted by molar-refractivity contribution is -0.145. The van der Waals surface area contributed by atoms with Gasteiger partial charge in [0.05, 0.1) is 16.3 Å². The van der Waals surface area contributed by atoms with E-state index in [0.717, 1.165) is 4.70 Å². The molecule has 2 aliphatic heterocycles. The average Bonchev–Trinajstić information content (AvgIpc) is 3.45. The first kappa shape index (κ1) is 30.1. The molecule has 1 aromatic heterocycles. The van der Waals surface area contributed by atoms with Gasteiger partial charge in [0.1, 0.15) is 12.1 Å². The van der Waals surface area contributed by atoms with Crippen LogP contribution in [0.2, 0.25) is 0 Å². The number of carbonyl (C=O) groups excluding carboxylic acids is 5. The molecule has 0 unspecified atom stereocenters. The second kappa shape index (κ2) is 11.1. The number of fused-ring (bicyclic) bond motifs is 2. The highest BCUT2D eigenvalue weighted by Crippen LogP contribution is 2.65. The van der Waals surface area contributed by atoms with Crippen molar-refractivity contribution < 1.29 is 24.0 Å². The van der Waals surface area contributed by atoms with Crippen LogP contribution >= 0.6 is 11.3 Å². The maximum Gasteiger partial charge on any atom is 0.246 e. The predicted octanol–water partition coefficient (Wildman–Crippen LogP) is 2.91. The van der Waals surface area contributed by atoms with Crippen LogP contribution in [0.5, 0.6) is 0 Å². The highest BCUT2D eigenvalue weighted by atomic mass is 32.1. The van der Waals surface area contributed by atoms with Gasteiger partial charge in [-0.25, -0.2) is 4.98 Å². The van der Waals surface area contributed by atoms with E-state index in [1.165, 1.54) is 11.3 Å². The Morgan fingerprint density at radius 3 is 2.50 bits per heavy atom. The second-order valence-electron chi connectivity index (χ2n) is 13.5. The smallest absolute Gasteiger partial charge is 0.246 e. The number of hydrogen-bond acceptors (Lipinski definition) is 7. The van der Waals surface area contributed by atoms with Crippen molar-refractivity contribution in [1.82, 2.24) is 25.8 Å². The number of likely N-dealkylation sites (tertiary alicyclic amines) is 1. The molecule has 11 heteroatoms. The van der Waals surface area contributed by atoms with Crippen LogP contribution in [0, 0.1) is 28.6 Å². The Hall–Kier alpha value is -3.34. The second-order valence-corrected chi connectivity index (χ2v) is 14.6. The molecular weight excluding hydrogens is 554 g/mol. The molecule has 5 rings (SSSR count). The fraction of sp³-hybridized carbons (Fsp3) is 0.613. The quantitative estimate of drug-likeness (QED) is 0.381. The number of carbonyl (C=O) groups is 5. The van der Waals surface area contributed by atoms with Gasteiger partial charge in [0, 0.05) is 25.4 Å². The summed E-state index contributed by atoms with van der Waals surface area (Å²) in [6, 6.07) is 4.90. The number of hydrogen-bond donors (Lipinski definition) is 3. The van der Waals surface area contributed by atoms with Crippen molar-refractivity contribution in [2.24, 2.45) is 28.6 Å². The van der Waals surface area contributed by atoms with Crippen LogP contribution in [0.4, 0.5) is 0 Å². The number of para-hydroxylation sites is 1. The van der Waals surface area contributed by atoms with Gasteiger partial charge in [-0.2, -0.15) is 0 Å². The summed E-state index contributed by atoms with van der Waals surface area (Å²) in [6.07, 6.45) is 0.975. The number of thiazole rings is 1. The molecule has 3 heterocycles. The van der Waals surface area contributed by atoms with Crippen molar-refractivity contribution in [2.45, 2.75) is 78.9 Å². The minimum Gasteiger partial charge on any atom is -0.356 e. The van der Waals surface area contributed by atoms with Gasteiger partial charge in [-0.3, -0.25) is 24.0 Å². The molecule has 42 heavy (non-hydrogen) atoms. The van der Waals surface area contributed by atoms with Crippen LogP contribution in [0.15, 0.2) is 24.3 Å². The number of nitrogens with zero attached hydrogens (tertiary/aromatic N) is 2. The lowest BCUT2D eigenvalue weighted by Gasteiger charge is -2.38. The van der Waals surface area contributed by atoms with Gasteiger partial charge in [0.2, 0.25) is 29.4 Å². The first-order valence-corrected chi connectivity index (χ1v) is 15.6. The summed E-state index contributed by atoms with van der Waals surface area (Å²) in [7, 11) is 0. The van der Waals surface area contributed by atoms with Crippen LogP contribution in [0.25, 0.3) is 10.2 Å². The molecule has 1 aliphatic carbocycles. The van der Waals surface area contributed by atoms with E-state index < -0.39 is 35.4 Å². The lowest BCUT2D eigenvalue weighted by Crippen LogP contribution is -2.60. The van der Waals surface area contributed by atoms with E-state index in [-0.39, 0.29) is 58.6 Å². The van der Waals surface area contributed by atoms with Crippen LogP contribution in [0.3, 0.4) is 0 Å². The minimum atomic E-state index is -0.969. The highest BCUT2D eigenvalue weighted by molar-refractivity contribution is 7.20. The molecule has 2 aromatic rings. The first-order valence-electron chi connectivity index (χ1n) is 14.8. The summed E-state index contributed by atoms with van der Waals surface area (Å²) in [5, 5.41) is 8.94. The third-order valence-electron chi connectivity index (χ3n) is 9.32. The van der Waals surface area contributed by atoms with Gasteiger partial charge in [0.15, 0.2) is 5.01 Å². The molecule has 10 nitrogen and oxygen atoms in total. The molecule has 3 aliphatic rings. The van der Waals surface area contributed by atoms with Crippen molar-refractivity contribution in [1.29, 1.82) is 0 Å². The van der Waals surface area contributed by atoms with Gasteiger partial charge in [-0.05, 0) is 47.6 Å². The Morgan fingerprint density at radius 1 is 1.17 bits per heavy atom. The molecule has 2 saturated heterocycles. The molecular formula is C31H41N5O5S. The zero-order valence-corrected chi connectivity index (χ0v) is 26.0. The number of benzene rings is 1. The average molecular weight is 596 g/mol. The number of rotatable bonds is 9. The van der Waals surface area contributed by atoms with Crippen LogP contribution in [-0.4, -0.2) is 70.5 Å². The summed E-state index contributed by atoms with van der Waals surface area (Å²) in [5.41, 5.74) is -0.0144. The molecule has 6 atom stereocenters. The van der Waals surface area contributed by atoms with E-state index in [9.17, 15) is 24.0 Å². The van der Waals surface area contributed by atoms with Gasteiger partial charge < -0.3 is 20.9 Å². The molecule has 0 bridgehead atoms. The summed E-state index contributed by atoms with van der Waals surface area (Å²) in [5.74, 6) is -1.75. The van der Waals surface area contributed by atoms with E-state index in [1.54, 1.807) is 11.8 Å². The highest BCUT2D eigenvalue weighted by Gasteiger charge is 2.70. The topological polar surface area (TPSA) is 138 Å². The number of piperidine rings is 1. The third-order valence-corrected chi connectivity index (χ3v) is 10.4.